The fraction of sp³-hybridized carbons (Fsp3) is 0.0476. The number of hydrogen-bond donors (Lipinski definition) is 0. The number of para-hydroxylation sites is 3. The maximum absolute atomic E-state index is 5.58. The molecule has 0 unspecified atom stereocenters. The molecule has 0 aliphatic carbocycles. The molecule has 10 rings (SSSR count). The summed E-state index contributed by atoms with van der Waals surface area (Å²) in [6, 6.07) is 52.3. The highest BCUT2D eigenvalue weighted by Gasteiger charge is 2.42. The highest BCUT2D eigenvalue weighted by molar-refractivity contribution is 7.04. The summed E-state index contributed by atoms with van der Waals surface area (Å²) in [5.41, 5.74) is 9.18. The average molecular weight is 619 g/mol. The van der Waals surface area contributed by atoms with E-state index in [0.717, 1.165) is 34.1 Å². The maximum Gasteiger partial charge on any atom is 0.162 e. The molecule has 5 heteroatoms. The van der Waals surface area contributed by atoms with E-state index in [1.165, 1.54) is 54.0 Å². The van der Waals surface area contributed by atoms with E-state index in [9.17, 15) is 0 Å². The lowest BCUT2D eigenvalue weighted by molar-refractivity contribution is 1.06. The summed E-state index contributed by atoms with van der Waals surface area (Å²) in [4.78, 5) is 10.9. The SMILES string of the molecule is C[Si]1(C)c2ccccc2-c2nc(-c3ccccc3)nc(-n3c4ccccc4c4ccc5c6ccccc6n(-c6ccccc6)c5c43)c21. The molecular weight excluding hydrogens is 589 g/mol. The third kappa shape index (κ3) is 3.57. The highest BCUT2D eigenvalue weighted by Crippen LogP contribution is 2.42. The minimum absolute atomic E-state index is 0.752. The van der Waals surface area contributed by atoms with E-state index in [1.807, 2.05) is 0 Å². The Morgan fingerprint density at radius 1 is 0.489 bits per heavy atom. The van der Waals surface area contributed by atoms with E-state index in [1.54, 1.807) is 0 Å². The molecule has 222 valence electrons. The summed E-state index contributed by atoms with van der Waals surface area (Å²) in [6.45, 7) is 4.91. The summed E-state index contributed by atoms with van der Waals surface area (Å²) in [7, 11) is -2.21. The molecule has 4 nitrogen and oxygen atoms in total. The summed E-state index contributed by atoms with van der Waals surface area (Å²) in [5, 5.41) is 7.62. The second-order valence-corrected chi connectivity index (χ2v) is 17.3. The Bertz CT molecular complexity index is 2700. The summed E-state index contributed by atoms with van der Waals surface area (Å²) in [5.74, 6) is 1.74. The van der Waals surface area contributed by atoms with Gasteiger partial charge in [-0.2, -0.15) is 0 Å². The summed E-state index contributed by atoms with van der Waals surface area (Å²) >= 11 is 0. The quantitative estimate of drug-likeness (QED) is 0.185. The molecule has 9 aromatic rings. The van der Waals surface area contributed by atoms with Crippen molar-refractivity contribution < 1.29 is 0 Å². The smallest absolute Gasteiger partial charge is 0.162 e. The second kappa shape index (κ2) is 9.61. The summed E-state index contributed by atoms with van der Waals surface area (Å²) in [6.07, 6.45) is 0. The Morgan fingerprint density at radius 2 is 1.04 bits per heavy atom. The molecule has 4 heterocycles. The van der Waals surface area contributed by atoms with Gasteiger partial charge in [0.25, 0.3) is 0 Å². The van der Waals surface area contributed by atoms with Crippen LogP contribution in [0.5, 0.6) is 0 Å². The molecule has 0 saturated carbocycles. The molecule has 0 bridgehead atoms. The van der Waals surface area contributed by atoms with Crippen LogP contribution >= 0.6 is 0 Å². The molecule has 0 amide bonds. The van der Waals surface area contributed by atoms with Crippen molar-refractivity contribution in [2.45, 2.75) is 13.1 Å². The minimum Gasteiger partial charge on any atom is -0.307 e. The first-order chi connectivity index (χ1) is 23.1. The normalized spacial score (nSPS) is 13.5. The zero-order chi connectivity index (χ0) is 31.3. The predicted octanol–water partition coefficient (Wildman–Crippen LogP) is 9.14. The van der Waals surface area contributed by atoms with Gasteiger partial charge in [0.05, 0.1) is 27.8 Å². The molecule has 0 atom stereocenters. The minimum atomic E-state index is -2.21. The monoisotopic (exact) mass is 618 g/mol. The van der Waals surface area contributed by atoms with Crippen LogP contribution < -0.4 is 10.4 Å². The van der Waals surface area contributed by atoms with E-state index in [4.69, 9.17) is 9.97 Å². The average Bonchev–Trinajstić information content (AvgIpc) is 3.72. The lowest BCUT2D eigenvalue weighted by atomic mass is 10.1. The van der Waals surface area contributed by atoms with Crippen LogP contribution in [0.3, 0.4) is 0 Å². The van der Waals surface area contributed by atoms with Gasteiger partial charge in [0, 0.05) is 38.0 Å². The van der Waals surface area contributed by atoms with Gasteiger partial charge in [0.1, 0.15) is 13.9 Å². The first kappa shape index (κ1) is 26.4. The van der Waals surface area contributed by atoms with Gasteiger partial charge >= 0.3 is 0 Å². The molecular formula is C42H30N4Si. The van der Waals surface area contributed by atoms with Gasteiger partial charge in [0.15, 0.2) is 5.82 Å². The molecule has 0 radical (unpaired) electrons. The molecule has 3 aromatic heterocycles. The third-order valence-corrected chi connectivity index (χ3v) is 13.6. The van der Waals surface area contributed by atoms with Crippen molar-refractivity contribution in [3.63, 3.8) is 0 Å². The second-order valence-electron chi connectivity index (χ2n) is 13.0. The van der Waals surface area contributed by atoms with Gasteiger partial charge in [-0.3, -0.25) is 4.57 Å². The lowest BCUT2D eigenvalue weighted by Crippen LogP contribution is -2.51. The van der Waals surface area contributed by atoms with E-state index < -0.39 is 8.07 Å². The van der Waals surface area contributed by atoms with E-state index >= 15 is 0 Å². The largest absolute Gasteiger partial charge is 0.307 e. The van der Waals surface area contributed by atoms with Gasteiger partial charge in [-0.1, -0.05) is 134 Å². The maximum atomic E-state index is 5.58. The van der Waals surface area contributed by atoms with Crippen molar-refractivity contribution in [1.82, 2.24) is 19.1 Å². The number of rotatable bonds is 3. The number of hydrogen-bond acceptors (Lipinski definition) is 2. The van der Waals surface area contributed by atoms with Crippen LogP contribution in [0.2, 0.25) is 13.1 Å². The first-order valence-corrected chi connectivity index (χ1v) is 19.2. The molecule has 1 aliphatic heterocycles. The lowest BCUT2D eigenvalue weighted by Gasteiger charge is -2.23. The van der Waals surface area contributed by atoms with Crippen LogP contribution in [0.25, 0.3) is 77.8 Å². The van der Waals surface area contributed by atoms with Crippen molar-refractivity contribution in [1.29, 1.82) is 0 Å². The van der Waals surface area contributed by atoms with Gasteiger partial charge in [-0.15, -0.1) is 0 Å². The number of fused-ring (bicyclic) bond motifs is 10. The van der Waals surface area contributed by atoms with Crippen LogP contribution in [-0.2, 0) is 0 Å². The van der Waals surface area contributed by atoms with Crippen LogP contribution in [0.1, 0.15) is 0 Å². The van der Waals surface area contributed by atoms with Crippen LogP contribution in [-0.4, -0.2) is 27.2 Å². The fourth-order valence-electron chi connectivity index (χ4n) is 8.03. The fourth-order valence-corrected chi connectivity index (χ4v) is 11.2. The van der Waals surface area contributed by atoms with Crippen LogP contribution in [0, 0.1) is 0 Å². The predicted molar refractivity (Wildman–Crippen MR) is 198 cm³/mol. The molecule has 0 saturated heterocycles. The van der Waals surface area contributed by atoms with Gasteiger partial charge in [-0.05, 0) is 35.0 Å². The van der Waals surface area contributed by atoms with E-state index in [0.29, 0.717) is 0 Å². The Balaban J connectivity index is 1.45. The Kier molecular flexibility index (Phi) is 5.41. The van der Waals surface area contributed by atoms with E-state index in [-0.39, 0.29) is 0 Å². The standard InChI is InChI=1S/C42H30N4Si/c1-47(2)36-24-14-11-21-33(36)37-40(47)42(44-41(43-37)27-15-5-3-6-16-27)46-35-23-13-10-20-30(35)32-26-25-31-29-19-9-12-22-34(29)45(38(31)39(32)46)28-17-7-4-8-18-28/h3-26H,1-2H3. The molecule has 1 aliphatic rings. The Morgan fingerprint density at radius 3 is 1.74 bits per heavy atom. The highest BCUT2D eigenvalue weighted by atomic mass is 28.3. The van der Waals surface area contributed by atoms with Crippen LogP contribution in [0.15, 0.2) is 146 Å². The van der Waals surface area contributed by atoms with Crippen molar-refractivity contribution in [2.75, 3.05) is 0 Å². The zero-order valence-electron chi connectivity index (χ0n) is 26.1. The summed E-state index contributed by atoms with van der Waals surface area (Å²) < 4.78 is 4.91. The topological polar surface area (TPSA) is 35.6 Å². The van der Waals surface area contributed by atoms with Gasteiger partial charge in [-0.25, -0.2) is 9.97 Å². The van der Waals surface area contributed by atoms with Crippen molar-refractivity contribution in [2.24, 2.45) is 0 Å². The molecule has 0 N–H and O–H groups in total. The number of nitrogens with zero attached hydrogens (tertiary/aromatic N) is 4. The number of benzene rings is 6. The van der Waals surface area contributed by atoms with Crippen molar-refractivity contribution in [3.05, 3.63) is 146 Å². The zero-order valence-corrected chi connectivity index (χ0v) is 27.1. The molecule has 0 fully saturated rings. The molecule has 6 aromatic carbocycles. The Hall–Kier alpha value is -5.78. The van der Waals surface area contributed by atoms with E-state index in [2.05, 4.69) is 168 Å². The number of aromatic nitrogens is 4. The van der Waals surface area contributed by atoms with Crippen molar-refractivity contribution >= 4 is 62.1 Å². The third-order valence-electron chi connectivity index (χ3n) is 10.1. The van der Waals surface area contributed by atoms with Gasteiger partial charge in [0.2, 0.25) is 0 Å². The Labute approximate surface area is 273 Å². The van der Waals surface area contributed by atoms with Crippen LogP contribution in [0.4, 0.5) is 0 Å². The molecule has 47 heavy (non-hydrogen) atoms. The molecule has 0 spiro atoms. The van der Waals surface area contributed by atoms with Crippen molar-refractivity contribution in [3.8, 4) is 34.2 Å². The first-order valence-electron chi connectivity index (χ1n) is 16.2. The van der Waals surface area contributed by atoms with Gasteiger partial charge < -0.3 is 4.57 Å².